The summed E-state index contributed by atoms with van der Waals surface area (Å²) in [5, 5.41) is 1.40. The van der Waals surface area contributed by atoms with Crippen LogP contribution in [-0.4, -0.2) is 24.4 Å². The summed E-state index contributed by atoms with van der Waals surface area (Å²) in [4.78, 5) is 0. The number of hydrogen-bond acceptors (Lipinski definition) is 1. The Morgan fingerprint density at radius 1 is 0.697 bits per heavy atom. The van der Waals surface area contributed by atoms with Crippen molar-refractivity contribution in [2.45, 2.75) is 0 Å². The van der Waals surface area contributed by atoms with E-state index >= 15 is 0 Å². The Bertz CT molecular complexity index is 1260. The maximum Gasteiger partial charge on any atom is 0.199 e. The maximum atomic E-state index is 6.19. The molecule has 0 aromatic heterocycles. The molecule has 2 aliphatic rings. The van der Waals surface area contributed by atoms with E-state index in [4.69, 9.17) is 27.9 Å². The molecule has 0 amide bonds. The minimum Gasteiger partial charge on any atom is -0.457 e. The predicted octanol–water partition coefficient (Wildman–Crippen LogP) is 7.65. The van der Waals surface area contributed by atoms with Gasteiger partial charge in [0.15, 0.2) is 5.71 Å². The van der Waals surface area contributed by atoms with E-state index in [-0.39, 0.29) is 0 Å². The molecule has 2 nitrogen and oxygen atoms in total. The highest BCUT2D eigenvalue weighted by molar-refractivity contribution is 6.30. The van der Waals surface area contributed by atoms with Crippen LogP contribution in [0.2, 0.25) is 10.0 Å². The number of rotatable bonds is 4. The summed E-state index contributed by atoms with van der Waals surface area (Å²) < 4.78 is 8.27. The van der Waals surface area contributed by atoms with Crippen molar-refractivity contribution in [2.75, 3.05) is 14.1 Å². The molecule has 0 saturated carbocycles. The van der Waals surface area contributed by atoms with Crippen LogP contribution in [0.4, 0.5) is 0 Å². The van der Waals surface area contributed by atoms with Crippen LogP contribution in [0, 0.1) is 0 Å². The van der Waals surface area contributed by atoms with Crippen LogP contribution in [0.15, 0.2) is 121 Å². The predicted molar refractivity (Wildman–Crippen MR) is 141 cm³/mol. The molecule has 1 aliphatic heterocycles. The summed E-state index contributed by atoms with van der Waals surface area (Å²) in [6, 6.07) is 15.4. The lowest BCUT2D eigenvalue weighted by Gasteiger charge is -2.18. The van der Waals surface area contributed by atoms with Gasteiger partial charge in [-0.2, -0.15) is 0 Å². The number of ether oxygens (including phenoxy) is 1. The smallest absolute Gasteiger partial charge is 0.199 e. The normalized spacial score (nSPS) is 16.7. The first-order valence-corrected chi connectivity index (χ1v) is 11.4. The third kappa shape index (κ3) is 6.13. The molecule has 4 heteroatoms. The third-order valence-electron chi connectivity index (χ3n) is 5.19. The van der Waals surface area contributed by atoms with E-state index in [1.165, 1.54) is 5.71 Å². The SMILES string of the molecule is C[N+](C)=C1C=CC(=CC=CC=C2C=C(c3ccc(Cl)cc3)C=C(c3ccc(Cl)cc3)O2)C=C1. The molecule has 4 rings (SSSR count). The molecule has 164 valence electrons. The summed E-state index contributed by atoms with van der Waals surface area (Å²) in [5.74, 6) is 1.52. The molecule has 0 bridgehead atoms. The molecule has 0 radical (unpaired) electrons. The lowest BCUT2D eigenvalue weighted by molar-refractivity contribution is -0.462. The molecule has 0 unspecified atom stereocenters. The lowest BCUT2D eigenvalue weighted by atomic mass is 10.0. The fourth-order valence-corrected chi connectivity index (χ4v) is 3.62. The molecule has 33 heavy (non-hydrogen) atoms. The van der Waals surface area contributed by atoms with Gasteiger partial charge in [-0.1, -0.05) is 53.6 Å². The topological polar surface area (TPSA) is 12.2 Å². The molecule has 2 aromatic rings. The Kier molecular flexibility index (Phi) is 7.29. The molecule has 0 spiro atoms. The van der Waals surface area contributed by atoms with Crippen molar-refractivity contribution in [3.8, 4) is 0 Å². The van der Waals surface area contributed by atoms with Crippen molar-refractivity contribution in [3.63, 3.8) is 0 Å². The van der Waals surface area contributed by atoms with Crippen LogP contribution < -0.4 is 0 Å². The van der Waals surface area contributed by atoms with Gasteiger partial charge in [0.05, 0.1) is 0 Å². The number of hydrogen-bond donors (Lipinski definition) is 0. The van der Waals surface area contributed by atoms with Gasteiger partial charge < -0.3 is 4.74 Å². The van der Waals surface area contributed by atoms with E-state index in [1.807, 2.05) is 93.0 Å². The van der Waals surface area contributed by atoms with Crippen molar-refractivity contribution in [1.29, 1.82) is 0 Å². The minimum atomic E-state index is 0.691. The monoisotopic (exact) mass is 472 g/mol. The van der Waals surface area contributed by atoms with Crippen LogP contribution in [0.5, 0.6) is 0 Å². The zero-order valence-electron chi connectivity index (χ0n) is 18.5. The van der Waals surface area contributed by atoms with Crippen molar-refractivity contribution >= 4 is 40.2 Å². The fourth-order valence-electron chi connectivity index (χ4n) is 3.37. The number of allylic oxidation sites excluding steroid dienone is 12. The zero-order valence-corrected chi connectivity index (χ0v) is 20.0. The van der Waals surface area contributed by atoms with Gasteiger partial charge in [0.1, 0.15) is 25.6 Å². The Morgan fingerprint density at radius 3 is 1.88 bits per heavy atom. The van der Waals surface area contributed by atoms with Crippen molar-refractivity contribution < 1.29 is 9.31 Å². The maximum absolute atomic E-state index is 6.19. The van der Waals surface area contributed by atoms with Crippen molar-refractivity contribution in [3.05, 3.63) is 142 Å². The Morgan fingerprint density at radius 2 is 1.27 bits per heavy atom. The van der Waals surface area contributed by atoms with Gasteiger partial charge in [-0.05, 0) is 83.5 Å². The summed E-state index contributed by atoms with van der Waals surface area (Å²) in [6.45, 7) is 0. The first-order chi connectivity index (χ1) is 16.0. The molecule has 0 N–H and O–H groups in total. The summed E-state index contributed by atoms with van der Waals surface area (Å²) >= 11 is 12.1. The van der Waals surface area contributed by atoms with E-state index in [9.17, 15) is 0 Å². The van der Waals surface area contributed by atoms with Crippen molar-refractivity contribution in [2.24, 2.45) is 0 Å². The highest BCUT2D eigenvalue weighted by Crippen LogP contribution is 2.32. The average Bonchev–Trinajstić information content (AvgIpc) is 2.83. The Hall–Kier alpha value is -3.33. The quantitative estimate of drug-likeness (QED) is 0.416. The second-order valence-electron chi connectivity index (χ2n) is 7.83. The van der Waals surface area contributed by atoms with E-state index < -0.39 is 0 Å². The van der Waals surface area contributed by atoms with Crippen molar-refractivity contribution in [1.82, 2.24) is 0 Å². The second-order valence-corrected chi connectivity index (χ2v) is 8.70. The molecular formula is C29H24Cl2NO+. The van der Waals surface area contributed by atoms with Gasteiger partial charge >= 0.3 is 0 Å². The minimum absolute atomic E-state index is 0.691. The molecule has 0 fully saturated rings. The number of nitrogens with zero attached hydrogens (tertiary/aromatic N) is 1. The van der Waals surface area contributed by atoms with Gasteiger partial charge in [0.25, 0.3) is 0 Å². The molecule has 2 aromatic carbocycles. The van der Waals surface area contributed by atoms with Crippen LogP contribution >= 0.6 is 23.2 Å². The number of halogens is 2. The highest BCUT2D eigenvalue weighted by Gasteiger charge is 2.14. The molecule has 1 heterocycles. The first-order valence-electron chi connectivity index (χ1n) is 10.6. The average molecular weight is 473 g/mol. The molecule has 1 aliphatic carbocycles. The van der Waals surface area contributed by atoms with Gasteiger partial charge in [-0.15, -0.1) is 0 Å². The van der Waals surface area contributed by atoms with Gasteiger partial charge in [-0.25, -0.2) is 4.58 Å². The van der Waals surface area contributed by atoms with Gasteiger partial charge in [0, 0.05) is 27.8 Å². The first kappa shape index (κ1) is 22.8. The van der Waals surface area contributed by atoms with E-state index in [2.05, 4.69) is 35.0 Å². The lowest BCUT2D eigenvalue weighted by Crippen LogP contribution is -2.09. The van der Waals surface area contributed by atoms with E-state index in [0.717, 1.165) is 33.8 Å². The van der Waals surface area contributed by atoms with Crippen LogP contribution in [0.1, 0.15) is 11.1 Å². The highest BCUT2D eigenvalue weighted by atomic mass is 35.5. The zero-order chi connectivity index (χ0) is 23.2. The van der Waals surface area contributed by atoms with Crippen LogP contribution in [0.3, 0.4) is 0 Å². The van der Waals surface area contributed by atoms with E-state index in [0.29, 0.717) is 10.0 Å². The molecule has 0 saturated heterocycles. The van der Waals surface area contributed by atoms with Crippen LogP contribution in [0.25, 0.3) is 11.3 Å². The Balaban J connectivity index is 1.60. The standard InChI is InChI=1S/C29H24Cl2NO/c1-32(2)27-17-7-21(8-18-27)5-3-4-6-28-19-24(22-9-13-25(30)14-10-22)20-29(33-28)23-11-15-26(31)16-12-23/h3-20H,1-2H3/q+1. The Labute approximate surface area is 205 Å². The molecule has 0 atom stereocenters. The fraction of sp³-hybridized carbons (Fsp3) is 0.0690. The molecular weight excluding hydrogens is 449 g/mol. The largest absolute Gasteiger partial charge is 0.457 e. The van der Waals surface area contributed by atoms with Gasteiger partial charge in [0.2, 0.25) is 0 Å². The van der Waals surface area contributed by atoms with E-state index in [1.54, 1.807) is 0 Å². The third-order valence-corrected chi connectivity index (χ3v) is 5.69. The van der Waals surface area contributed by atoms with Gasteiger partial charge in [-0.3, -0.25) is 0 Å². The second kappa shape index (κ2) is 10.5. The number of benzene rings is 2. The summed E-state index contributed by atoms with van der Waals surface area (Å²) in [7, 11) is 4.07. The summed E-state index contributed by atoms with van der Waals surface area (Å²) in [5.41, 5.74) is 5.39. The summed E-state index contributed by atoms with van der Waals surface area (Å²) in [6.07, 6.45) is 20.5. The van der Waals surface area contributed by atoms with Crippen LogP contribution in [-0.2, 0) is 4.74 Å².